The lowest BCUT2D eigenvalue weighted by Gasteiger charge is -2.18. The number of carbonyl (C=O) groups excluding carboxylic acids is 3. The molecule has 0 bridgehead atoms. The first-order chi connectivity index (χ1) is 25.8. The molecule has 0 radical (unpaired) electrons. The molecule has 0 rings (SSSR count). The Labute approximate surface area is 329 Å². The molecule has 53 heavy (non-hydrogen) atoms. The summed E-state index contributed by atoms with van der Waals surface area (Å²) in [4.78, 5) is 37.6. The summed E-state index contributed by atoms with van der Waals surface area (Å²) < 4.78 is 16.7. The van der Waals surface area contributed by atoms with Gasteiger partial charge >= 0.3 is 17.9 Å². The van der Waals surface area contributed by atoms with E-state index >= 15 is 0 Å². The average molecular weight is 751 g/mol. The third-order valence-electron chi connectivity index (χ3n) is 10.8. The summed E-state index contributed by atoms with van der Waals surface area (Å²) in [6, 6.07) is 0. The summed E-state index contributed by atoms with van der Waals surface area (Å²) >= 11 is 0. The molecule has 0 aromatic carbocycles. The normalized spacial score (nSPS) is 12.6. The molecule has 0 fully saturated rings. The van der Waals surface area contributed by atoms with Crippen LogP contribution in [0, 0.1) is 11.8 Å². The zero-order valence-corrected chi connectivity index (χ0v) is 36.1. The topological polar surface area (TPSA) is 78.9 Å². The molecule has 0 aliphatic rings. The Hall–Kier alpha value is -1.59. The van der Waals surface area contributed by atoms with Gasteiger partial charge in [-0.1, -0.05) is 214 Å². The second-order valence-electron chi connectivity index (χ2n) is 16.8. The maximum atomic E-state index is 12.7. The lowest BCUT2D eigenvalue weighted by molar-refractivity contribution is -0.167. The van der Waals surface area contributed by atoms with Gasteiger partial charge in [-0.3, -0.25) is 14.4 Å². The Morgan fingerprint density at radius 1 is 0.396 bits per heavy atom. The Morgan fingerprint density at radius 2 is 0.717 bits per heavy atom. The van der Waals surface area contributed by atoms with Gasteiger partial charge in [-0.15, -0.1) is 0 Å². The second kappa shape index (κ2) is 40.1. The SMILES string of the molecule is CCCCCCCCCC(=O)OC[C@H](COC(=O)CCCCCCCCCCCCCC(C)C)OC(=O)CCCCCCCCCCCCC(C)CC. The predicted molar refractivity (Wildman–Crippen MR) is 224 cm³/mol. The first-order valence-electron chi connectivity index (χ1n) is 23.3. The summed E-state index contributed by atoms with van der Waals surface area (Å²) in [5.74, 6) is 0.832. The molecule has 0 amide bonds. The lowest BCUT2D eigenvalue weighted by atomic mass is 9.99. The molecule has 6 nitrogen and oxygen atoms in total. The van der Waals surface area contributed by atoms with Crippen molar-refractivity contribution in [2.45, 2.75) is 259 Å². The second-order valence-corrected chi connectivity index (χ2v) is 16.8. The van der Waals surface area contributed by atoms with Gasteiger partial charge in [-0.2, -0.15) is 0 Å². The molecule has 1 unspecified atom stereocenters. The lowest BCUT2D eigenvalue weighted by Crippen LogP contribution is -2.30. The minimum absolute atomic E-state index is 0.0651. The van der Waals surface area contributed by atoms with E-state index in [0.717, 1.165) is 69.6 Å². The van der Waals surface area contributed by atoms with E-state index in [9.17, 15) is 14.4 Å². The predicted octanol–water partition coefficient (Wildman–Crippen LogP) is 14.6. The highest BCUT2D eigenvalue weighted by Gasteiger charge is 2.19. The maximum Gasteiger partial charge on any atom is 0.306 e. The van der Waals surface area contributed by atoms with Crippen LogP contribution in [-0.2, 0) is 28.6 Å². The van der Waals surface area contributed by atoms with Gasteiger partial charge in [-0.25, -0.2) is 0 Å². The molecule has 0 spiro atoms. The van der Waals surface area contributed by atoms with Gasteiger partial charge in [0.25, 0.3) is 0 Å². The number of ether oxygens (including phenoxy) is 3. The highest BCUT2D eigenvalue weighted by molar-refractivity contribution is 5.71. The molecule has 0 heterocycles. The Balaban J connectivity index is 4.27. The van der Waals surface area contributed by atoms with Crippen molar-refractivity contribution in [2.24, 2.45) is 11.8 Å². The number of unbranched alkanes of at least 4 members (excludes halogenated alkanes) is 25. The van der Waals surface area contributed by atoms with E-state index in [2.05, 4.69) is 34.6 Å². The minimum atomic E-state index is -0.759. The molecule has 0 saturated heterocycles. The van der Waals surface area contributed by atoms with Crippen molar-refractivity contribution >= 4 is 17.9 Å². The Kier molecular flexibility index (Phi) is 38.9. The van der Waals surface area contributed by atoms with E-state index in [1.54, 1.807) is 0 Å². The van der Waals surface area contributed by atoms with Crippen molar-refractivity contribution in [1.29, 1.82) is 0 Å². The van der Waals surface area contributed by atoms with E-state index in [-0.39, 0.29) is 31.1 Å². The molecule has 2 atom stereocenters. The van der Waals surface area contributed by atoms with Gasteiger partial charge in [0.2, 0.25) is 0 Å². The number of rotatable bonds is 41. The van der Waals surface area contributed by atoms with E-state index in [4.69, 9.17) is 14.2 Å². The van der Waals surface area contributed by atoms with Gasteiger partial charge in [-0.05, 0) is 31.1 Å². The van der Waals surface area contributed by atoms with Gasteiger partial charge in [0.1, 0.15) is 13.2 Å². The van der Waals surface area contributed by atoms with Crippen LogP contribution < -0.4 is 0 Å². The van der Waals surface area contributed by atoms with Crippen LogP contribution in [0.3, 0.4) is 0 Å². The third kappa shape index (κ3) is 39.9. The van der Waals surface area contributed by atoms with Crippen molar-refractivity contribution < 1.29 is 28.6 Å². The van der Waals surface area contributed by atoms with Crippen molar-refractivity contribution in [3.8, 4) is 0 Å². The van der Waals surface area contributed by atoms with Crippen LogP contribution in [0.4, 0.5) is 0 Å². The van der Waals surface area contributed by atoms with Gasteiger partial charge in [0, 0.05) is 19.3 Å². The van der Waals surface area contributed by atoms with E-state index in [1.165, 1.54) is 141 Å². The van der Waals surface area contributed by atoms with Gasteiger partial charge in [0.05, 0.1) is 0 Å². The Morgan fingerprint density at radius 3 is 1.08 bits per heavy atom. The standard InChI is InChI=1S/C47H90O6/c1-6-8-9-10-20-27-32-37-45(48)51-40-44(53-47(50)39-34-29-24-19-15-14-17-22-26-31-36-43(5)7-2)41-52-46(49)38-33-28-23-18-13-11-12-16-21-25-30-35-42(3)4/h42-44H,6-41H2,1-5H3/t43?,44-/m1/s1. The molecule has 6 heteroatoms. The van der Waals surface area contributed by atoms with Crippen molar-refractivity contribution in [1.82, 2.24) is 0 Å². The average Bonchev–Trinajstić information content (AvgIpc) is 3.14. The monoisotopic (exact) mass is 751 g/mol. The molecular formula is C47H90O6. The van der Waals surface area contributed by atoms with Crippen LogP contribution in [0.1, 0.15) is 253 Å². The number of hydrogen-bond donors (Lipinski definition) is 0. The number of hydrogen-bond acceptors (Lipinski definition) is 6. The molecule has 0 saturated carbocycles. The van der Waals surface area contributed by atoms with E-state index in [1.807, 2.05) is 0 Å². The zero-order valence-electron chi connectivity index (χ0n) is 36.1. The van der Waals surface area contributed by atoms with E-state index < -0.39 is 6.10 Å². The molecule has 0 aromatic rings. The molecule has 0 aromatic heterocycles. The fraction of sp³-hybridized carbons (Fsp3) is 0.936. The fourth-order valence-electron chi connectivity index (χ4n) is 6.90. The van der Waals surface area contributed by atoms with Crippen molar-refractivity contribution in [3.05, 3.63) is 0 Å². The Bertz CT molecular complexity index is 811. The molecule has 314 valence electrons. The van der Waals surface area contributed by atoms with Crippen LogP contribution in [0.25, 0.3) is 0 Å². The fourth-order valence-corrected chi connectivity index (χ4v) is 6.90. The minimum Gasteiger partial charge on any atom is -0.462 e. The zero-order chi connectivity index (χ0) is 39.0. The van der Waals surface area contributed by atoms with Crippen molar-refractivity contribution in [3.63, 3.8) is 0 Å². The number of carbonyl (C=O) groups is 3. The van der Waals surface area contributed by atoms with E-state index in [0.29, 0.717) is 19.3 Å². The maximum absolute atomic E-state index is 12.7. The van der Waals surface area contributed by atoms with Crippen LogP contribution in [0.5, 0.6) is 0 Å². The summed E-state index contributed by atoms with van der Waals surface area (Å²) in [6.07, 6.45) is 38.0. The molecule has 0 aliphatic heterocycles. The largest absolute Gasteiger partial charge is 0.462 e. The smallest absolute Gasteiger partial charge is 0.306 e. The molecule has 0 aliphatic carbocycles. The first-order valence-corrected chi connectivity index (χ1v) is 23.3. The molecule has 0 N–H and O–H groups in total. The summed E-state index contributed by atoms with van der Waals surface area (Å²) in [6.45, 7) is 11.3. The molecular weight excluding hydrogens is 661 g/mol. The first kappa shape index (κ1) is 51.4. The third-order valence-corrected chi connectivity index (χ3v) is 10.8. The van der Waals surface area contributed by atoms with Crippen LogP contribution in [-0.4, -0.2) is 37.2 Å². The van der Waals surface area contributed by atoms with Crippen LogP contribution >= 0.6 is 0 Å². The van der Waals surface area contributed by atoms with Gasteiger partial charge in [0.15, 0.2) is 6.10 Å². The van der Waals surface area contributed by atoms with Crippen LogP contribution in [0.2, 0.25) is 0 Å². The van der Waals surface area contributed by atoms with Crippen molar-refractivity contribution in [2.75, 3.05) is 13.2 Å². The summed E-state index contributed by atoms with van der Waals surface area (Å²) in [7, 11) is 0. The highest BCUT2D eigenvalue weighted by atomic mass is 16.6. The summed E-state index contributed by atoms with van der Waals surface area (Å²) in [5.41, 5.74) is 0. The summed E-state index contributed by atoms with van der Waals surface area (Å²) in [5, 5.41) is 0. The van der Waals surface area contributed by atoms with Gasteiger partial charge < -0.3 is 14.2 Å². The van der Waals surface area contributed by atoms with Crippen LogP contribution in [0.15, 0.2) is 0 Å². The number of esters is 3. The highest BCUT2D eigenvalue weighted by Crippen LogP contribution is 2.17. The quantitative estimate of drug-likeness (QED) is 0.0352.